The average molecular weight is 369 g/mol. The van der Waals surface area contributed by atoms with Crippen LogP contribution in [0.3, 0.4) is 0 Å². The molecule has 27 heavy (non-hydrogen) atoms. The van der Waals surface area contributed by atoms with Gasteiger partial charge in [0.15, 0.2) is 22.9 Å². The molecule has 0 fully saturated rings. The SMILES string of the molecule is COc1ccc(-c2nnn(-c3c(C#N)c(=O)n(C)c(=O)n3C)n2)cc1OC. The first-order valence-electron chi connectivity index (χ1n) is 7.65. The summed E-state index contributed by atoms with van der Waals surface area (Å²) in [4.78, 5) is 25.4. The smallest absolute Gasteiger partial charge is 0.332 e. The van der Waals surface area contributed by atoms with Crippen molar-refractivity contribution in [2.75, 3.05) is 14.2 Å². The number of aromatic nitrogens is 6. The van der Waals surface area contributed by atoms with Gasteiger partial charge in [-0.2, -0.15) is 5.26 Å². The standard InChI is InChI=1S/C16H15N7O4/c1-21-14(10(8-17)15(24)22(2)16(21)25)23-19-13(18-20-23)9-5-6-11(26-3)12(7-9)27-4/h5-7H,1-4H3. The topological polar surface area (TPSA) is 130 Å². The maximum Gasteiger partial charge on any atom is 0.332 e. The second kappa shape index (κ2) is 6.75. The summed E-state index contributed by atoms with van der Waals surface area (Å²) in [6.07, 6.45) is 0. The van der Waals surface area contributed by atoms with E-state index in [2.05, 4.69) is 15.4 Å². The third-order valence-corrected chi connectivity index (χ3v) is 3.99. The zero-order valence-corrected chi connectivity index (χ0v) is 15.0. The lowest BCUT2D eigenvalue weighted by molar-refractivity contribution is 0.355. The summed E-state index contributed by atoms with van der Waals surface area (Å²) in [6, 6.07) is 6.85. The van der Waals surface area contributed by atoms with E-state index in [9.17, 15) is 14.9 Å². The summed E-state index contributed by atoms with van der Waals surface area (Å²) >= 11 is 0. The van der Waals surface area contributed by atoms with Gasteiger partial charge in [0.1, 0.15) is 6.07 Å². The molecule has 2 heterocycles. The van der Waals surface area contributed by atoms with Crippen LogP contribution in [0.25, 0.3) is 17.2 Å². The Kier molecular flexibility index (Phi) is 4.47. The van der Waals surface area contributed by atoms with E-state index < -0.39 is 11.2 Å². The van der Waals surface area contributed by atoms with Gasteiger partial charge in [-0.3, -0.25) is 13.9 Å². The van der Waals surface area contributed by atoms with Crippen LogP contribution in [0.5, 0.6) is 11.5 Å². The van der Waals surface area contributed by atoms with Gasteiger partial charge in [-0.1, -0.05) is 0 Å². The molecule has 0 amide bonds. The summed E-state index contributed by atoms with van der Waals surface area (Å²) in [5, 5.41) is 21.4. The lowest BCUT2D eigenvalue weighted by Gasteiger charge is -2.09. The van der Waals surface area contributed by atoms with E-state index in [1.165, 1.54) is 28.3 Å². The van der Waals surface area contributed by atoms with Gasteiger partial charge in [0.25, 0.3) is 5.56 Å². The second-order valence-corrected chi connectivity index (χ2v) is 5.49. The van der Waals surface area contributed by atoms with Crippen LogP contribution in [-0.2, 0) is 14.1 Å². The minimum Gasteiger partial charge on any atom is -0.493 e. The summed E-state index contributed by atoms with van der Waals surface area (Å²) in [5.74, 6) is 1.16. The predicted octanol–water partition coefficient (Wildman–Crippen LogP) is -0.384. The van der Waals surface area contributed by atoms with Crippen LogP contribution in [0.15, 0.2) is 27.8 Å². The van der Waals surface area contributed by atoms with Gasteiger partial charge in [-0.15, -0.1) is 15.0 Å². The van der Waals surface area contributed by atoms with E-state index in [1.54, 1.807) is 24.3 Å². The Labute approximate surface area is 152 Å². The zero-order valence-electron chi connectivity index (χ0n) is 15.0. The van der Waals surface area contributed by atoms with Crippen molar-refractivity contribution < 1.29 is 9.47 Å². The zero-order chi connectivity index (χ0) is 19.7. The summed E-state index contributed by atoms with van der Waals surface area (Å²) in [6.45, 7) is 0. The number of ether oxygens (including phenoxy) is 2. The maximum absolute atomic E-state index is 12.2. The van der Waals surface area contributed by atoms with Crippen LogP contribution in [0.2, 0.25) is 0 Å². The largest absolute Gasteiger partial charge is 0.493 e. The van der Waals surface area contributed by atoms with E-state index >= 15 is 0 Å². The third kappa shape index (κ3) is 2.82. The number of hydrogen-bond donors (Lipinski definition) is 0. The Hall–Kier alpha value is -3.94. The highest BCUT2D eigenvalue weighted by Crippen LogP contribution is 2.30. The van der Waals surface area contributed by atoms with Gasteiger partial charge in [-0.05, 0) is 23.4 Å². The molecule has 0 aliphatic heterocycles. The number of benzene rings is 1. The maximum atomic E-state index is 12.2. The summed E-state index contributed by atoms with van der Waals surface area (Å²) in [5.41, 5.74) is -1.04. The number of nitrogens with zero attached hydrogens (tertiary/aromatic N) is 7. The predicted molar refractivity (Wildman–Crippen MR) is 92.9 cm³/mol. The van der Waals surface area contributed by atoms with Crippen LogP contribution in [0.4, 0.5) is 0 Å². The lowest BCUT2D eigenvalue weighted by atomic mass is 10.2. The summed E-state index contributed by atoms with van der Waals surface area (Å²) < 4.78 is 12.4. The fraction of sp³-hybridized carbons (Fsp3) is 0.250. The van der Waals surface area contributed by atoms with Gasteiger partial charge in [0, 0.05) is 19.7 Å². The molecular formula is C16H15N7O4. The van der Waals surface area contributed by atoms with E-state index in [1.807, 2.05) is 0 Å². The number of rotatable bonds is 4. The van der Waals surface area contributed by atoms with Crippen LogP contribution in [-0.4, -0.2) is 43.6 Å². The molecule has 3 aromatic rings. The van der Waals surface area contributed by atoms with Gasteiger partial charge < -0.3 is 9.47 Å². The Bertz CT molecular complexity index is 1180. The molecule has 11 heteroatoms. The van der Waals surface area contributed by atoms with Crippen molar-refractivity contribution in [3.63, 3.8) is 0 Å². The van der Waals surface area contributed by atoms with Crippen molar-refractivity contribution >= 4 is 0 Å². The van der Waals surface area contributed by atoms with Gasteiger partial charge >= 0.3 is 5.69 Å². The fourth-order valence-electron chi connectivity index (χ4n) is 2.56. The Morgan fingerprint density at radius 1 is 1.07 bits per heavy atom. The molecule has 11 nitrogen and oxygen atoms in total. The molecule has 0 atom stereocenters. The molecular weight excluding hydrogens is 354 g/mol. The Balaban J connectivity index is 2.17. The van der Waals surface area contributed by atoms with Gasteiger partial charge in [0.2, 0.25) is 5.82 Å². The van der Waals surface area contributed by atoms with Crippen molar-refractivity contribution in [1.82, 2.24) is 29.3 Å². The molecule has 0 radical (unpaired) electrons. The molecule has 0 spiro atoms. The molecule has 0 unspecified atom stereocenters. The van der Waals surface area contributed by atoms with E-state index in [-0.39, 0.29) is 17.2 Å². The van der Waals surface area contributed by atoms with Crippen LogP contribution >= 0.6 is 0 Å². The third-order valence-electron chi connectivity index (χ3n) is 3.99. The van der Waals surface area contributed by atoms with Crippen LogP contribution in [0.1, 0.15) is 5.56 Å². The average Bonchev–Trinajstić information content (AvgIpc) is 3.17. The number of tetrazole rings is 1. The van der Waals surface area contributed by atoms with E-state index in [0.29, 0.717) is 17.1 Å². The second-order valence-electron chi connectivity index (χ2n) is 5.49. The monoisotopic (exact) mass is 369 g/mol. The molecule has 138 valence electrons. The molecule has 3 rings (SSSR count). The number of methoxy groups -OCH3 is 2. The van der Waals surface area contributed by atoms with E-state index in [0.717, 1.165) is 13.9 Å². The quantitative estimate of drug-likeness (QED) is 0.608. The first-order chi connectivity index (χ1) is 12.9. The van der Waals surface area contributed by atoms with Crippen LogP contribution in [0, 0.1) is 11.3 Å². The van der Waals surface area contributed by atoms with Crippen molar-refractivity contribution in [3.8, 4) is 34.8 Å². The highest BCUT2D eigenvalue weighted by atomic mass is 16.5. The number of nitriles is 1. The highest BCUT2D eigenvalue weighted by Gasteiger charge is 2.20. The minimum atomic E-state index is -0.736. The molecule has 2 aromatic heterocycles. The first-order valence-corrected chi connectivity index (χ1v) is 7.65. The summed E-state index contributed by atoms with van der Waals surface area (Å²) in [7, 11) is 5.73. The van der Waals surface area contributed by atoms with Crippen molar-refractivity contribution in [1.29, 1.82) is 5.26 Å². The van der Waals surface area contributed by atoms with Gasteiger partial charge in [0.05, 0.1) is 14.2 Å². The molecule has 0 aliphatic carbocycles. The van der Waals surface area contributed by atoms with Crippen molar-refractivity contribution in [3.05, 3.63) is 44.6 Å². The molecule has 0 N–H and O–H groups in total. The highest BCUT2D eigenvalue weighted by molar-refractivity contribution is 5.60. The Morgan fingerprint density at radius 3 is 2.41 bits per heavy atom. The molecule has 0 saturated heterocycles. The van der Waals surface area contributed by atoms with Gasteiger partial charge in [-0.25, -0.2) is 4.79 Å². The Morgan fingerprint density at radius 2 is 1.78 bits per heavy atom. The molecule has 0 bridgehead atoms. The molecule has 0 aliphatic rings. The molecule has 1 aromatic carbocycles. The van der Waals surface area contributed by atoms with Crippen LogP contribution < -0.4 is 20.7 Å². The number of hydrogen-bond acceptors (Lipinski definition) is 8. The van der Waals surface area contributed by atoms with Crippen molar-refractivity contribution in [2.45, 2.75) is 0 Å². The van der Waals surface area contributed by atoms with E-state index in [4.69, 9.17) is 9.47 Å². The first kappa shape index (κ1) is 17.9. The van der Waals surface area contributed by atoms with Crippen molar-refractivity contribution in [2.24, 2.45) is 14.1 Å². The minimum absolute atomic E-state index is 0.0650. The normalized spacial score (nSPS) is 10.5. The fourth-order valence-corrected chi connectivity index (χ4v) is 2.56. The lowest BCUT2D eigenvalue weighted by Crippen LogP contribution is -2.40. The molecule has 0 saturated carbocycles.